The summed E-state index contributed by atoms with van der Waals surface area (Å²) in [7, 11) is 0. The lowest BCUT2D eigenvalue weighted by atomic mass is 10.3. The smallest absolute Gasteiger partial charge is 0.231 e. The quantitative estimate of drug-likeness (QED) is 0.635. The molecule has 3 N–H and O–H groups in total. The molecule has 0 atom stereocenters. The molecule has 0 unspecified atom stereocenters. The Morgan fingerprint density at radius 2 is 2.09 bits per heavy atom. The summed E-state index contributed by atoms with van der Waals surface area (Å²) in [6.45, 7) is 0.501. The molecule has 0 saturated heterocycles. The molecule has 6 nitrogen and oxygen atoms in total. The van der Waals surface area contributed by atoms with Crippen LogP contribution in [-0.4, -0.2) is 35.1 Å². The SMILES string of the molecule is O=C(Cc1csc(NC(=O)Cc2cccs2)n1)NCCCO. The minimum atomic E-state index is -0.143. The van der Waals surface area contributed by atoms with Gasteiger partial charge in [-0.25, -0.2) is 4.98 Å². The van der Waals surface area contributed by atoms with Crippen molar-refractivity contribution in [2.24, 2.45) is 0 Å². The molecule has 0 aliphatic rings. The molecular weight excluding hydrogens is 322 g/mol. The molecule has 0 aliphatic heterocycles. The van der Waals surface area contributed by atoms with Crippen molar-refractivity contribution in [3.8, 4) is 0 Å². The van der Waals surface area contributed by atoms with Gasteiger partial charge in [0.1, 0.15) is 0 Å². The van der Waals surface area contributed by atoms with E-state index in [0.717, 1.165) is 4.88 Å². The number of rotatable bonds is 8. The van der Waals surface area contributed by atoms with Crippen LogP contribution in [0.1, 0.15) is 17.0 Å². The summed E-state index contributed by atoms with van der Waals surface area (Å²) in [6, 6.07) is 3.82. The minimum absolute atomic E-state index is 0.0530. The zero-order valence-electron chi connectivity index (χ0n) is 11.9. The van der Waals surface area contributed by atoms with Crippen LogP contribution >= 0.6 is 22.7 Å². The summed E-state index contributed by atoms with van der Waals surface area (Å²) in [5.41, 5.74) is 0.623. The Morgan fingerprint density at radius 3 is 2.82 bits per heavy atom. The van der Waals surface area contributed by atoms with Crippen LogP contribution in [0.2, 0.25) is 0 Å². The standard InChI is InChI=1S/C14H17N3O3S2/c18-5-2-4-15-12(19)7-10-9-22-14(16-10)17-13(20)8-11-3-1-6-21-11/h1,3,6,9,18H,2,4-5,7-8H2,(H,15,19)(H,16,17,20). The van der Waals surface area contributed by atoms with E-state index < -0.39 is 0 Å². The lowest BCUT2D eigenvalue weighted by Crippen LogP contribution is -2.26. The van der Waals surface area contributed by atoms with Crippen molar-refractivity contribution in [1.29, 1.82) is 0 Å². The van der Waals surface area contributed by atoms with Gasteiger partial charge >= 0.3 is 0 Å². The zero-order valence-corrected chi connectivity index (χ0v) is 13.5. The molecule has 0 spiro atoms. The molecule has 0 aromatic carbocycles. The number of nitrogens with one attached hydrogen (secondary N) is 2. The molecule has 8 heteroatoms. The number of aromatic nitrogens is 1. The first kappa shape index (κ1) is 16.6. The van der Waals surface area contributed by atoms with E-state index in [1.807, 2.05) is 17.5 Å². The van der Waals surface area contributed by atoms with Crippen LogP contribution in [-0.2, 0) is 22.4 Å². The molecule has 0 saturated carbocycles. The highest BCUT2D eigenvalue weighted by Crippen LogP contribution is 2.17. The molecule has 2 amide bonds. The van der Waals surface area contributed by atoms with E-state index in [2.05, 4.69) is 15.6 Å². The van der Waals surface area contributed by atoms with Crippen molar-refractivity contribution in [3.05, 3.63) is 33.5 Å². The molecule has 118 valence electrons. The van der Waals surface area contributed by atoms with Gasteiger partial charge in [0.15, 0.2) is 5.13 Å². The number of aliphatic hydroxyl groups is 1. The third kappa shape index (κ3) is 5.55. The Hall–Kier alpha value is -1.77. The molecular formula is C14H17N3O3S2. The van der Waals surface area contributed by atoms with Crippen molar-refractivity contribution in [1.82, 2.24) is 10.3 Å². The van der Waals surface area contributed by atoms with Crippen molar-refractivity contribution in [2.75, 3.05) is 18.5 Å². The number of nitrogens with zero attached hydrogens (tertiary/aromatic N) is 1. The van der Waals surface area contributed by atoms with Gasteiger partial charge in [0, 0.05) is 23.4 Å². The molecule has 2 aromatic rings. The summed E-state index contributed by atoms with van der Waals surface area (Å²) in [5.74, 6) is -0.258. The molecule has 2 aromatic heterocycles. The maximum Gasteiger partial charge on any atom is 0.231 e. The normalized spacial score (nSPS) is 10.4. The lowest BCUT2D eigenvalue weighted by molar-refractivity contribution is -0.120. The largest absolute Gasteiger partial charge is 0.396 e. The van der Waals surface area contributed by atoms with E-state index in [4.69, 9.17) is 5.11 Å². The van der Waals surface area contributed by atoms with Gasteiger partial charge in [0.05, 0.1) is 18.5 Å². The van der Waals surface area contributed by atoms with Crippen molar-refractivity contribution in [3.63, 3.8) is 0 Å². The fraction of sp³-hybridized carbons (Fsp3) is 0.357. The van der Waals surface area contributed by atoms with Crippen LogP contribution in [0.4, 0.5) is 5.13 Å². The number of hydrogen-bond acceptors (Lipinski definition) is 6. The number of carbonyl (C=O) groups is 2. The number of anilines is 1. The highest BCUT2D eigenvalue weighted by atomic mass is 32.1. The van der Waals surface area contributed by atoms with Crippen molar-refractivity contribution < 1.29 is 14.7 Å². The van der Waals surface area contributed by atoms with Crippen LogP contribution in [0.15, 0.2) is 22.9 Å². The fourth-order valence-electron chi connectivity index (χ4n) is 1.71. The fourth-order valence-corrected chi connectivity index (χ4v) is 3.14. The van der Waals surface area contributed by atoms with Crippen LogP contribution in [0.25, 0.3) is 0 Å². The van der Waals surface area contributed by atoms with Gasteiger partial charge in [-0.15, -0.1) is 22.7 Å². The van der Waals surface area contributed by atoms with Gasteiger partial charge in [-0.2, -0.15) is 0 Å². The second-order valence-corrected chi connectivity index (χ2v) is 6.44. The Morgan fingerprint density at radius 1 is 1.23 bits per heavy atom. The first-order valence-electron chi connectivity index (χ1n) is 6.81. The molecule has 2 rings (SSSR count). The second-order valence-electron chi connectivity index (χ2n) is 4.55. The van der Waals surface area contributed by atoms with E-state index in [1.165, 1.54) is 22.7 Å². The average molecular weight is 339 g/mol. The number of thiophene rings is 1. The first-order chi connectivity index (χ1) is 10.7. The van der Waals surface area contributed by atoms with Crippen LogP contribution in [0.3, 0.4) is 0 Å². The summed E-state index contributed by atoms with van der Waals surface area (Å²) < 4.78 is 0. The van der Waals surface area contributed by atoms with E-state index in [0.29, 0.717) is 30.2 Å². The zero-order chi connectivity index (χ0) is 15.8. The Labute approximate surface area is 136 Å². The number of carbonyl (C=O) groups excluding carboxylic acids is 2. The maximum atomic E-state index is 11.8. The number of thiazole rings is 1. The second kappa shape index (κ2) is 8.62. The molecule has 0 aliphatic carbocycles. The predicted molar refractivity (Wildman–Crippen MR) is 87.2 cm³/mol. The highest BCUT2D eigenvalue weighted by Gasteiger charge is 2.10. The van der Waals surface area contributed by atoms with Crippen LogP contribution in [0.5, 0.6) is 0 Å². The van der Waals surface area contributed by atoms with Gasteiger partial charge in [0.25, 0.3) is 0 Å². The highest BCUT2D eigenvalue weighted by molar-refractivity contribution is 7.14. The van der Waals surface area contributed by atoms with E-state index in [1.54, 1.807) is 5.38 Å². The monoisotopic (exact) mass is 339 g/mol. The summed E-state index contributed by atoms with van der Waals surface area (Å²) in [6.07, 6.45) is 1.03. The number of hydrogen-bond donors (Lipinski definition) is 3. The molecule has 0 radical (unpaired) electrons. The predicted octanol–water partition coefficient (Wildman–Crippen LogP) is 1.43. The van der Waals surface area contributed by atoms with Gasteiger partial charge in [0.2, 0.25) is 11.8 Å². The lowest BCUT2D eigenvalue weighted by Gasteiger charge is -2.02. The van der Waals surface area contributed by atoms with Crippen molar-refractivity contribution in [2.45, 2.75) is 19.3 Å². The minimum Gasteiger partial charge on any atom is -0.396 e. The van der Waals surface area contributed by atoms with E-state index in [9.17, 15) is 9.59 Å². The Balaban J connectivity index is 1.78. The van der Waals surface area contributed by atoms with E-state index >= 15 is 0 Å². The Bertz CT molecular complexity index is 611. The average Bonchev–Trinajstić information content (AvgIpc) is 3.11. The molecule has 0 bridgehead atoms. The first-order valence-corrected chi connectivity index (χ1v) is 8.57. The number of amides is 2. The van der Waals surface area contributed by atoms with E-state index in [-0.39, 0.29) is 24.8 Å². The topological polar surface area (TPSA) is 91.3 Å². The third-order valence-electron chi connectivity index (χ3n) is 2.71. The molecule has 22 heavy (non-hydrogen) atoms. The van der Waals surface area contributed by atoms with Crippen LogP contribution < -0.4 is 10.6 Å². The summed E-state index contributed by atoms with van der Waals surface area (Å²) in [4.78, 5) is 28.7. The maximum absolute atomic E-state index is 11.8. The van der Waals surface area contributed by atoms with Crippen LogP contribution in [0, 0.1) is 0 Å². The third-order valence-corrected chi connectivity index (χ3v) is 4.39. The van der Waals surface area contributed by atoms with Gasteiger partial charge in [-0.05, 0) is 17.9 Å². The summed E-state index contributed by atoms with van der Waals surface area (Å²) >= 11 is 2.84. The molecule has 2 heterocycles. The van der Waals surface area contributed by atoms with Gasteiger partial charge < -0.3 is 15.7 Å². The van der Waals surface area contributed by atoms with Crippen molar-refractivity contribution >= 4 is 39.6 Å². The van der Waals surface area contributed by atoms with Gasteiger partial charge in [-0.1, -0.05) is 6.07 Å². The Kier molecular flexibility index (Phi) is 6.50. The van der Waals surface area contributed by atoms with Gasteiger partial charge in [-0.3, -0.25) is 9.59 Å². The molecule has 0 fully saturated rings. The number of aliphatic hydroxyl groups excluding tert-OH is 1. The summed E-state index contributed by atoms with van der Waals surface area (Å²) in [5, 5.41) is 18.3.